The fourth-order valence-electron chi connectivity index (χ4n) is 4.21. The minimum Gasteiger partial charge on any atom is -0.497 e. The lowest BCUT2D eigenvalue weighted by molar-refractivity contribution is 0.0369. The molecule has 1 aliphatic rings. The van der Waals surface area contributed by atoms with Gasteiger partial charge in [0.25, 0.3) is 15.9 Å². The molecule has 0 saturated carbocycles. The molecule has 0 unspecified atom stereocenters. The molecule has 1 heterocycles. The Hall–Kier alpha value is -3.51. The molecule has 2 aromatic rings. The number of amides is 3. The molecule has 11 nitrogen and oxygen atoms in total. The summed E-state index contributed by atoms with van der Waals surface area (Å²) in [6, 6.07) is 9.71. The third kappa shape index (κ3) is 7.12. The van der Waals surface area contributed by atoms with Crippen LogP contribution in [-0.2, 0) is 10.0 Å². The number of para-hydroxylation sites is 1. The molecular weight excluding hydrogens is 524 g/mol. The van der Waals surface area contributed by atoms with Crippen molar-refractivity contribution in [2.75, 3.05) is 38.6 Å². The highest BCUT2D eigenvalue weighted by atomic mass is 32.2. The highest BCUT2D eigenvalue weighted by Gasteiger charge is 2.35. The van der Waals surface area contributed by atoms with Crippen LogP contribution >= 0.6 is 0 Å². The first-order valence-corrected chi connectivity index (χ1v) is 14.3. The number of carbonyl (C=O) groups is 2. The number of urea groups is 1. The summed E-state index contributed by atoms with van der Waals surface area (Å²) in [5, 5.41) is 12.7. The minimum atomic E-state index is -4.05. The number of aliphatic hydroxyl groups is 1. The second kappa shape index (κ2) is 12.6. The minimum absolute atomic E-state index is 0.00334. The standard InChI is InChI=1S/C27H38N4O7S/c1-17(2)28-27(34)30(5)15-24-18(3)14-31(19(4)16-32)26(33)22-8-7-9-23(25(22)38-24)29-39(35,36)21-12-10-20(37-6)11-13-21/h7-13,17-19,24,29,32H,14-16H2,1-6H3,(H,28,34)/t18-,19-,24-/m1/s1. The molecule has 214 valence electrons. The van der Waals surface area contributed by atoms with Gasteiger partial charge in [-0.2, -0.15) is 0 Å². The first-order valence-electron chi connectivity index (χ1n) is 12.8. The van der Waals surface area contributed by atoms with E-state index >= 15 is 0 Å². The molecule has 0 fully saturated rings. The zero-order valence-corrected chi connectivity index (χ0v) is 24.0. The second-order valence-electron chi connectivity index (χ2n) is 10.1. The highest BCUT2D eigenvalue weighted by Crippen LogP contribution is 2.36. The van der Waals surface area contributed by atoms with Crippen molar-refractivity contribution in [2.45, 2.75) is 50.8 Å². The third-order valence-electron chi connectivity index (χ3n) is 6.52. The van der Waals surface area contributed by atoms with E-state index in [9.17, 15) is 23.1 Å². The Morgan fingerprint density at radius 1 is 1.21 bits per heavy atom. The van der Waals surface area contributed by atoms with Crippen LogP contribution in [0, 0.1) is 5.92 Å². The van der Waals surface area contributed by atoms with E-state index in [0.29, 0.717) is 5.75 Å². The Bertz CT molecular complexity index is 1270. The van der Waals surface area contributed by atoms with E-state index < -0.39 is 28.1 Å². The number of fused-ring (bicyclic) bond motifs is 1. The van der Waals surface area contributed by atoms with Crippen LogP contribution in [0.5, 0.6) is 11.5 Å². The van der Waals surface area contributed by atoms with Gasteiger partial charge in [-0.15, -0.1) is 0 Å². The van der Waals surface area contributed by atoms with Gasteiger partial charge in [-0.1, -0.05) is 13.0 Å². The van der Waals surface area contributed by atoms with Crippen LogP contribution in [0.2, 0.25) is 0 Å². The lowest BCUT2D eigenvalue weighted by Gasteiger charge is -2.38. The van der Waals surface area contributed by atoms with Gasteiger partial charge in [-0.25, -0.2) is 13.2 Å². The molecule has 3 atom stereocenters. The molecule has 1 aliphatic heterocycles. The predicted molar refractivity (Wildman–Crippen MR) is 148 cm³/mol. The number of sulfonamides is 1. The second-order valence-corrected chi connectivity index (χ2v) is 11.8. The molecule has 3 amide bonds. The molecule has 0 aliphatic carbocycles. The number of hydrogen-bond donors (Lipinski definition) is 3. The van der Waals surface area contributed by atoms with Crippen LogP contribution in [0.3, 0.4) is 0 Å². The normalized spacial score (nSPS) is 18.4. The average molecular weight is 563 g/mol. The Kier molecular flexibility index (Phi) is 9.68. The Morgan fingerprint density at radius 2 is 1.87 bits per heavy atom. The maximum Gasteiger partial charge on any atom is 0.317 e. The van der Waals surface area contributed by atoms with Crippen LogP contribution < -0.4 is 19.5 Å². The largest absolute Gasteiger partial charge is 0.497 e. The molecule has 3 rings (SSSR count). The van der Waals surface area contributed by atoms with E-state index in [2.05, 4.69) is 10.0 Å². The lowest BCUT2D eigenvalue weighted by atomic mass is 9.99. The van der Waals surface area contributed by atoms with Crippen LogP contribution in [0.25, 0.3) is 0 Å². The monoisotopic (exact) mass is 562 g/mol. The van der Waals surface area contributed by atoms with Crippen LogP contribution in [0.15, 0.2) is 47.4 Å². The highest BCUT2D eigenvalue weighted by molar-refractivity contribution is 7.92. The number of methoxy groups -OCH3 is 1. The van der Waals surface area contributed by atoms with E-state index in [1.54, 1.807) is 31.0 Å². The summed E-state index contributed by atoms with van der Waals surface area (Å²) in [5.41, 5.74) is 0.234. The average Bonchev–Trinajstić information content (AvgIpc) is 2.89. The summed E-state index contributed by atoms with van der Waals surface area (Å²) in [6.45, 7) is 7.54. The number of rotatable bonds is 9. The van der Waals surface area contributed by atoms with E-state index in [0.717, 1.165) is 0 Å². The molecule has 0 saturated heterocycles. The number of likely N-dealkylation sites (N-methyl/N-ethyl adjacent to an activating group) is 1. The van der Waals surface area contributed by atoms with Crippen molar-refractivity contribution in [3.63, 3.8) is 0 Å². The number of hydrogen-bond acceptors (Lipinski definition) is 7. The maximum absolute atomic E-state index is 13.6. The van der Waals surface area contributed by atoms with Crippen molar-refractivity contribution >= 4 is 27.6 Å². The molecule has 0 spiro atoms. The van der Waals surface area contributed by atoms with Crippen molar-refractivity contribution in [2.24, 2.45) is 5.92 Å². The molecule has 2 aromatic carbocycles. The van der Waals surface area contributed by atoms with Crippen LogP contribution in [-0.4, -0.2) is 87.3 Å². The SMILES string of the molecule is COc1ccc(S(=O)(=O)Nc2cccc3c2O[C@H](CN(C)C(=O)NC(C)C)[C@H](C)CN([C@H](C)CO)C3=O)cc1. The predicted octanol–water partition coefficient (Wildman–Crippen LogP) is 2.77. The van der Waals surface area contributed by atoms with Gasteiger partial charge in [0.1, 0.15) is 11.9 Å². The fourth-order valence-corrected chi connectivity index (χ4v) is 5.27. The first kappa shape index (κ1) is 30.0. The summed E-state index contributed by atoms with van der Waals surface area (Å²) in [5.74, 6) is -0.0953. The molecule has 3 N–H and O–H groups in total. The van der Waals surface area contributed by atoms with Crippen LogP contribution in [0.1, 0.15) is 38.1 Å². The number of ether oxygens (including phenoxy) is 2. The number of carbonyl (C=O) groups excluding carboxylic acids is 2. The Morgan fingerprint density at radius 3 is 2.46 bits per heavy atom. The van der Waals surface area contributed by atoms with Gasteiger partial charge < -0.3 is 29.7 Å². The van der Waals surface area contributed by atoms with Crippen molar-refractivity contribution in [3.05, 3.63) is 48.0 Å². The molecule has 39 heavy (non-hydrogen) atoms. The topological polar surface area (TPSA) is 138 Å². The number of nitrogens with zero attached hydrogens (tertiary/aromatic N) is 2. The molecule has 0 bridgehead atoms. The number of nitrogens with one attached hydrogen (secondary N) is 2. The molecule has 0 aromatic heterocycles. The van der Waals surface area contributed by atoms with E-state index in [-0.39, 0.29) is 59.6 Å². The number of aliphatic hydroxyl groups excluding tert-OH is 1. The summed E-state index contributed by atoms with van der Waals surface area (Å²) in [7, 11) is -0.921. The van der Waals surface area contributed by atoms with Crippen molar-refractivity contribution in [3.8, 4) is 11.5 Å². The van der Waals surface area contributed by atoms with E-state index in [1.807, 2.05) is 20.8 Å². The summed E-state index contributed by atoms with van der Waals surface area (Å²) in [4.78, 5) is 29.3. The third-order valence-corrected chi connectivity index (χ3v) is 7.90. The smallest absolute Gasteiger partial charge is 0.317 e. The summed E-state index contributed by atoms with van der Waals surface area (Å²) >= 11 is 0. The van der Waals surface area contributed by atoms with Gasteiger partial charge in [0.05, 0.1) is 42.4 Å². The van der Waals surface area contributed by atoms with Gasteiger partial charge in [0.15, 0.2) is 5.75 Å². The van der Waals surface area contributed by atoms with Crippen molar-refractivity contribution < 1.29 is 32.6 Å². The van der Waals surface area contributed by atoms with Crippen LogP contribution in [0.4, 0.5) is 10.5 Å². The zero-order valence-electron chi connectivity index (χ0n) is 23.2. The lowest BCUT2D eigenvalue weighted by Crippen LogP contribution is -2.51. The number of benzene rings is 2. The number of anilines is 1. The maximum atomic E-state index is 13.6. The van der Waals surface area contributed by atoms with Crippen molar-refractivity contribution in [1.82, 2.24) is 15.1 Å². The molecule has 12 heteroatoms. The quantitative estimate of drug-likeness (QED) is 0.427. The van der Waals surface area contributed by atoms with Gasteiger partial charge >= 0.3 is 6.03 Å². The van der Waals surface area contributed by atoms with Gasteiger partial charge in [0.2, 0.25) is 0 Å². The van der Waals surface area contributed by atoms with Crippen molar-refractivity contribution in [1.29, 1.82) is 0 Å². The summed E-state index contributed by atoms with van der Waals surface area (Å²) in [6.07, 6.45) is -0.597. The van der Waals surface area contributed by atoms with Gasteiger partial charge in [-0.05, 0) is 57.2 Å². The molecular formula is C27H38N4O7S. The van der Waals surface area contributed by atoms with Gasteiger partial charge in [0, 0.05) is 25.6 Å². The first-order chi connectivity index (χ1) is 18.4. The summed E-state index contributed by atoms with van der Waals surface area (Å²) < 4.78 is 40.6. The van der Waals surface area contributed by atoms with Gasteiger partial charge in [-0.3, -0.25) is 9.52 Å². The fraction of sp³-hybridized carbons (Fsp3) is 0.481. The van der Waals surface area contributed by atoms with E-state index in [4.69, 9.17) is 9.47 Å². The van der Waals surface area contributed by atoms with E-state index in [1.165, 1.54) is 42.3 Å². The Labute approximate surface area is 230 Å². The zero-order chi connectivity index (χ0) is 28.9. The molecule has 0 radical (unpaired) electrons. The Balaban J connectivity index is 2.04.